The van der Waals surface area contributed by atoms with Crippen molar-refractivity contribution in [2.24, 2.45) is 7.05 Å². The summed E-state index contributed by atoms with van der Waals surface area (Å²) < 4.78 is 9.22. The first-order valence-electron chi connectivity index (χ1n) is 7.89. The van der Waals surface area contributed by atoms with Gasteiger partial charge in [-0.1, -0.05) is 28.4 Å². The summed E-state index contributed by atoms with van der Waals surface area (Å²) >= 11 is 11.7. The zero-order chi connectivity index (χ0) is 18.8. The molecule has 27 heavy (non-hydrogen) atoms. The average molecular weight is 402 g/mol. The molecule has 0 unspecified atom stereocenters. The molecule has 4 aromatic heterocycles. The van der Waals surface area contributed by atoms with Gasteiger partial charge in [0.25, 0.3) is 0 Å². The van der Waals surface area contributed by atoms with Crippen LogP contribution in [0.4, 0.5) is 0 Å². The lowest BCUT2D eigenvalue weighted by atomic mass is 10.2. The van der Waals surface area contributed by atoms with Gasteiger partial charge in [0.15, 0.2) is 0 Å². The molecule has 0 bridgehead atoms. The molecule has 0 aliphatic heterocycles. The molecule has 4 rings (SSSR count). The van der Waals surface area contributed by atoms with E-state index in [0.29, 0.717) is 27.4 Å². The van der Waals surface area contributed by atoms with E-state index in [2.05, 4.69) is 25.3 Å². The van der Waals surface area contributed by atoms with Crippen molar-refractivity contribution < 1.29 is 4.74 Å². The van der Waals surface area contributed by atoms with Gasteiger partial charge in [0.2, 0.25) is 5.88 Å². The van der Waals surface area contributed by atoms with Crippen LogP contribution >= 0.6 is 23.2 Å². The van der Waals surface area contributed by atoms with Crippen molar-refractivity contribution in [2.75, 3.05) is 0 Å². The third-order valence-corrected chi connectivity index (χ3v) is 4.26. The summed E-state index contributed by atoms with van der Waals surface area (Å²) in [7, 11) is 1.80. The van der Waals surface area contributed by atoms with E-state index < -0.39 is 0 Å². The molecule has 0 aliphatic carbocycles. The monoisotopic (exact) mass is 401 g/mol. The Morgan fingerprint density at radius 3 is 2.59 bits per heavy atom. The first-order chi connectivity index (χ1) is 13.1. The second kappa shape index (κ2) is 7.34. The maximum Gasteiger partial charge on any atom is 0.213 e. The molecular weight excluding hydrogens is 389 g/mol. The van der Waals surface area contributed by atoms with Crippen molar-refractivity contribution in [3.63, 3.8) is 0 Å². The SMILES string of the molecule is Cn1nnc(-c2ccc(Cl)cn2)c1COc1ccc(-n2cnc(Cl)c2)cn1. The van der Waals surface area contributed by atoms with Crippen LogP contribution < -0.4 is 4.74 Å². The first-order valence-corrected chi connectivity index (χ1v) is 8.65. The lowest BCUT2D eigenvalue weighted by Crippen LogP contribution is -2.05. The lowest BCUT2D eigenvalue weighted by molar-refractivity contribution is 0.283. The van der Waals surface area contributed by atoms with E-state index in [1.807, 2.05) is 6.07 Å². The van der Waals surface area contributed by atoms with Crippen LogP contribution in [0.15, 0.2) is 49.2 Å². The van der Waals surface area contributed by atoms with Crippen LogP contribution in [0.1, 0.15) is 5.69 Å². The number of ether oxygens (including phenoxy) is 1. The van der Waals surface area contributed by atoms with Crippen molar-refractivity contribution >= 4 is 23.2 Å². The Balaban J connectivity index is 1.50. The number of aromatic nitrogens is 7. The fourth-order valence-electron chi connectivity index (χ4n) is 2.45. The van der Waals surface area contributed by atoms with Gasteiger partial charge in [0.1, 0.15) is 29.5 Å². The molecule has 10 heteroatoms. The fraction of sp³-hybridized carbons (Fsp3) is 0.118. The summed E-state index contributed by atoms with van der Waals surface area (Å²) in [5, 5.41) is 9.20. The van der Waals surface area contributed by atoms with Crippen molar-refractivity contribution in [1.82, 2.24) is 34.5 Å². The van der Waals surface area contributed by atoms with Crippen molar-refractivity contribution in [1.29, 1.82) is 0 Å². The summed E-state index contributed by atoms with van der Waals surface area (Å²) in [5.41, 5.74) is 2.91. The van der Waals surface area contributed by atoms with E-state index >= 15 is 0 Å². The lowest BCUT2D eigenvalue weighted by Gasteiger charge is -2.08. The highest BCUT2D eigenvalue weighted by molar-refractivity contribution is 6.30. The maximum atomic E-state index is 5.89. The predicted octanol–water partition coefficient (Wildman–Crippen LogP) is 3.34. The summed E-state index contributed by atoms with van der Waals surface area (Å²) in [6, 6.07) is 7.18. The van der Waals surface area contributed by atoms with E-state index in [-0.39, 0.29) is 6.61 Å². The summed E-state index contributed by atoms with van der Waals surface area (Å²) in [6.45, 7) is 0.242. The summed E-state index contributed by atoms with van der Waals surface area (Å²) in [6.07, 6.45) is 6.56. The van der Waals surface area contributed by atoms with Crippen LogP contribution in [0, 0.1) is 0 Å². The topological polar surface area (TPSA) is 83.5 Å². The quantitative estimate of drug-likeness (QED) is 0.509. The van der Waals surface area contributed by atoms with Crippen LogP contribution in [0.25, 0.3) is 17.1 Å². The Bertz CT molecular complexity index is 1060. The van der Waals surface area contributed by atoms with Gasteiger partial charge in [-0.25, -0.2) is 14.6 Å². The number of rotatable bonds is 5. The predicted molar refractivity (Wildman–Crippen MR) is 99.9 cm³/mol. The minimum Gasteiger partial charge on any atom is -0.471 e. The van der Waals surface area contributed by atoms with Crippen molar-refractivity contribution in [3.05, 3.63) is 65.1 Å². The fourth-order valence-corrected chi connectivity index (χ4v) is 2.71. The van der Waals surface area contributed by atoms with E-state index in [0.717, 1.165) is 11.4 Å². The molecule has 0 saturated heterocycles. The Morgan fingerprint density at radius 2 is 1.93 bits per heavy atom. The smallest absolute Gasteiger partial charge is 0.213 e. The highest BCUT2D eigenvalue weighted by Gasteiger charge is 2.15. The number of imidazole rings is 1. The Hall–Kier alpha value is -2.97. The van der Waals surface area contributed by atoms with Gasteiger partial charge in [-0.2, -0.15) is 0 Å². The maximum absolute atomic E-state index is 5.89. The Kier molecular flexibility index (Phi) is 4.74. The van der Waals surface area contributed by atoms with E-state index in [1.165, 1.54) is 0 Å². The van der Waals surface area contributed by atoms with Gasteiger partial charge in [-0.15, -0.1) is 5.10 Å². The number of hydrogen-bond donors (Lipinski definition) is 0. The van der Waals surface area contributed by atoms with Crippen molar-refractivity contribution in [2.45, 2.75) is 6.61 Å². The average Bonchev–Trinajstić information content (AvgIpc) is 3.27. The normalized spacial score (nSPS) is 10.9. The molecule has 0 radical (unpaired) electrons. The van der Waals surface area contributed by atoms with Gasteiger partial charge in [-0.3, -0.25) is 4.98 Å². The third-order valence-electron chi connectivity index (χ3n) is 3.84. The highest BCUT2D eigenvalue weighted by atomic mass is 35.5. The molecule has 136 valence electrons. The van der Waals surface area contributed by atoms with Crippen LogP contribution in [-0.4, -0.2) is 34.5 Å². The van der Waals surface area contributed by atoms with Crippen LogP contribution in [0.2, 0.25) is 10.2 Å². The van der Waals surface area contributed by atoms with E-state index in [1.54, 1.807) is 59.4 Å². The molecule has 0 spiro atoms. The Labute approximate surface area is 164 Å². The molecular formula is C17H13Cl2N7O. The standard InChI is InChI=1S/C17H13Cl2N7O/c1-25-14(17(23-24-25)13-4-2-11(18)6-20-13)9-27-16-5-3-12(7-21-16)26-8-15(19)22-10-26/h2-8,10H,9H2,1H3. The van der Waals surface area contributed by atoms with Crippen molar-refractivity contribution in [3.8, 4) is 23.0 Å². The summed E-state index contributed by atoms with van der Waals surface area (Å²) in [4.78, 5) is 12.6. The van der Waals surface area contributed by atoms with Gasteiger partial charge in [0, 0.05) is 25.5 Å². The molecule has 0 fully saturated rings. The van der Waals surface area contributed by atoms with Gasteiger partial charge >= 0.3 is 0 Å². The molecule has 4 heterocycles. The molecule has 0 atom stereocenters. The molecule has 0 aromatic carbocycles. The van der Waals surface area contributed by atoms with E-state index in [4.69, 9.17) is 27.9 Å². The van der Waals surface area contributed by atoms with E-state index in [9.17, 15) is 0 Å². The highest BCUT2D eigenvalue weighted by Crippen LogP contribution is 2.22. The minimum absolute atomic E-state index is 0.242. The van der Waals surface area contributed by atoms with Crippen LogP contribution in [-0.2, 0) is 13.7 Å². The van der Waals surface area contributed by atoms with Gasteiger partial charge < -0.3 is 9.30 Å². The third kappa shape index (κ3) is 3.76. The molecule has 8 nitrogen and oxygen atoms in total. The van der Waals surface area contributed by atoms with Crippen LogP contribution in [0.5, 0.6) is 5.88 Å². The summed E-state index contributed by atoms with van der Waals surface area (Å²) in [5.74, 6) is 0.473. The number of aryl methyl sites for hydroxylation is 1. The molecule has 0 aliphatic rings. The van der Waals surface area contributed by atoms with Gasteiger partial charge in [0.05, 0.1) is 22.6 Å². The zero-order valence-corrected chi connectivity index (χ0v) is 15.6. The molecule has 0 amide bonds. The zero-order valence-electron chi connectivity index (χ0n) is 14.1. The second-order valence-corrected chi connectivity index (χ2v) is 6.44. The Morgan fingerprint density at radius 1 is 1.04 bits per heavy atom. The first kappa shape index (κ1) is 17.4. The second-order valence-electron chi connectivity index (χ2n) is 5.62. The largest absolute Gasteiger partial charge is 0.471 e. The van der Waals surface area contributed by atoms with Crippen LogP contribution in [0.3, 0.4) is 0 Å². The number of nitrogens with zero attached hydrogens (tertiary/aromatic N) is 7. The minimum atomic E-state index is 0.242. The number of halogens is 2. The molecule has 0 saturated carbocycles. The van der Waals surface area contributed by atoms with Gasteiger partial charge in [-0.05, 0) is 18.2 Å². The molecule has 0 N–H and O–H groups in total. The molecule has 4 aromatic rings. The number of pyridine rings is 2. The number of hydrogen-bond acceptors (Lipinski definition) is 6.